The molecule has 0 radical (unpaired) electrons. The van der Waals surface area contributed by atoms with E-state index in [-0.39, 0.29) is 16.7 Å². The predicted molar refractivity (Wildman–Crippen MR) is 63.0 cm³/mol. The maximum atomic E-state index is 11.8. The van der Waals surface area contributed by atoms with Crippen LogP contribution in [0.15, 0.2) is 0 Å². The zero-order valence-electron chi connectivity index (χ0n) is 8.81. The third kappa shape index (κ3) is 3.70. The summed E-state index contributed by atoms with van der Waals surface area (Å²) in [5.41, 5.74) is -0.165. The van der Waals surface area contributed by atoms with E-state index in [0.717, 1.165) is 18.6 Å². The second-order valence-corrected chi connectivity index (χ2v) is 6.00. The Bertz CT molecular complexity index is 202. The second-order valence-electron chi connectivity index (χ2n) is 4.31. The van der Waals surface area contributed by atoms with Gasteiger partial charge in [0.05, 0.1) is 5.25 Å². The van der Waals surface area contributed by atoms with E-state index in [1.165, 1.54) is 6.42 Å². The minimum Gasteiger partial charge on any atom is -0.350 e. The van der Waals surface area contributed by atoms with Crippen molar-refractivity contribution in [3.8, 4) is 0 Å². The minimum atomic E-state index is -0.165. The van der Waals surface area contributed by atoms with Crippen LogP contribution in [-0.4, -0.2) is 28.3 Å². The van der Waals surface area contributed by atoms with Gasteiger partial charge in [0.2, 0.25) is 5.91 Å². The molecule has 4 heteroatoms. The largest absolute Gasteiger partial charge is 0.350 e. The van der Waals surface area contributed by atoms with Gasteiger partial charge in [0.15, 0.2) is 0 Å². The molecule has 1 unspecified atom stereocenters. The quantitative estimate of drug-likeness (QED) is 0.759. The molecular formula is C10H18ClNOS. The van der Waals surface area contributed by atoms with Gasteiger partial charge in [-0.15, -0.1) is 23.4 Å². The zero-order chi connectivity index (χ0) is 10.6. The maximum absolute atomic E-state index is 11.8. The Morgan fingerprint density at radius 2 is 2.36 bits per heavy atom. The van der Waals surface area contributed by atoms with E-state index >= 15 is 0 Å². The molecule has 1 fully saturated rings. The number of nitrogens with one attached hydrogen (secondary N) is 1. The number of thioether (sulfide) groups is 1. The SMILES string of the molecule is CC(C)(CCCl)NC(=O)C1CCCS1. The highest BCUT2D eigenvalue weighted by molar-refractivity contribution is 8.00. The van der Waals surface area contributed by atoms with Crippen molar-refractivity contribution < 1.29 is 4.79 Å². The Hall–Kier alpha value is 0.110. The van der Waals surface area contributed by atoms with Gasteiger partial charge in [0, 0.05) is 11.4 Å². The van der Waals surface area contributed by atoms with Crippen LogP contribution >= 0.6 is 23.4 Å². The summed E-state index contributed by atoms with van der Waals surface area (Å²) in [7, 11) is 0. The molecule has 0 aromatic rings. The molecule has 1 aliphatic rings. The molecule has 1 saturated heterocycles. The Kier molecular flexibility index (Phi) is 4.58. The van der Waals surface area contributed by atoms with E-state index in [1.54, 1.807) is 11.8 Å². The van der Waals surface area contributed by atoms with Crippen molar-refractivity contribution in [3.63, 3.8) is 0 Å². The number of hydrogen-bond donors (Lipinski definition) is 1. The molecular weight excluding hydrogens is 218 g/mol. The van der Waals surface area contributed by atoms with E-state index < -0.39 is 0 Å². The topological polar surface area (TPSA) is 29.1 Å². The van der Waals surface area contributed by atoms with Gasteiger partial charge in [-0.3, -0.25) is 4.79 Å². The van der Waals surface area contributed by atoms with Crippen LogP contribution in [0, 0.1) is 0 Å². The first-order chi connectivity index (χ1) is 6.55. The molecule has 1 N–H and O–H groups in total. The van der Waals surface area contributed by atoms with Crippen LogP contribution in [0.25, 0.3) is 0 Å². The van der Waals surface area contributed by atoms with E-state index in [4.69, 9.17) is 11.6 Å². The summed E-state index contributed by atoms with van der Waals surface area (Å²) < 4.78 is 0. The van der Waals surface area contributed by atoms with Crippen LogP contribution in [-0.2, 0) is 4.79 Å². The lowest BCUT2D eigenvalue weighted by atomic mass is 10.0. The van der Waals surface area contributed by atoms with Crippen LogP contribution in [0.4, 0.5) is 0 Å². The molecule has 0 saturated carbocycles. The number of alkyl halides is 1. The fourth-order valence-electron chi connectivity index (χ4n) is 1.50. The minimum absolute atomic E-state index is 0.165. The molecule has 0 spiro atoms. The smallest absolute Gasteiger partial charge is 0.233 e. The summed E-state index contributed by atoms with van der Waals surface area (Å²) in [4.78, 5) is 11.8. The normalized spacial score (nSPS) is 22.4. The lowest BCUT2D eigenvalue weighted by Crippen LogP contribution is -2.46. The second kappa shape index (κ2) is 5.26. The molecule has 0 aliphatic carbocycles. The summed E-state index contributed by atoms with van der Waals surface area (Å²) in [6.45, 7) is 4.04. The molecule has 0 aromatic heterocycles. The van der Waals surface area contributed by atoms with Gasteiger partial charge in [-0.25, -0.2) is 0 Å². The number of carbonyl (C=O) groups excluding carboxylic acids is 1. The van der Waals surface area contributed by atoms with Gasteiger partial charge < -0.3 is 5.32 Å². The molecule has 2 nitrogen and oxygen atoms in total. The van der Waals surface area contributed by atoms with Gasteiger partial charge in [-0.1, -0.05) is 0 Å². The molecule has 1 aliphatic heterocycles. The van der Waals surface area contributed by atoms with Crippen LogP contribution in [0.5, 0.6) is 0 Å². The predicted octanol–water partition coefficient (Wildman–Crippen LogP) is 2.41. The van der Waals surface area contributed by atoms with E-state index in [0.29, 0.717) is 5.88 Å². The molecule has 14 heavy (non-hydrogen) atoms. The molecule has 0 bridgehead atoms. The van der Waals surface area contributed by atoms with Crippen molar-refractivity contribution in [2.75, 3.05) is 11.6 Å². The first-order valence-electron chi connectivity index (χ1n) is 5.05. The highest BCUT2D eigenvalue weighted by Crippen LogP contribution is 2.26. The van der Waals surface area contributed by atoms with E-state index in [9.17, 15) is 4.79 Å². The van der Waals surface area contributed by atoms with Gasteiger partial charge in [-0.2, -0.15) is 0 Å². The number of carbonyl (C=O) groups is 1. The maximum Gasteiger partial charge on any atom is 0.233 e. The molecule has 82 valence electrons. The fourth-order valence-corrected chi connectivity index (χ4v) is 3.13. The van der Waals surface area contributed by atoms with Crippen LogP contribution in [0.2, 0.25) is 0 Å². The van der Waals surface area contributed by atoms with Gasteiger partial charge in [0.1, 0.15) is 0 Å². The van der Waals surface area contributed by atoms with Gasteiger partial charge in [-0.05, 0) is 38.9 Å². The van der Waals surface area contributed by atoms with Gasteiger partial charge >= 0.3 is 0 Å². The number of hydrogen-bond acceptors (Lipinski definition) is 2. The number of amides is 1. The first kappa shape index (κ1) is 12.2. The van der Waals surface area contributed by atoms with Crippen LogP contribution < -0.4 is 5.32 Å². The van der Waals surface area contributed by atoms with Crippen molar-refractivity contribution in [3.05, 3.63) is 0 Å². The lowest BCUT2D eigenvalue weighted by molar-refractivity contribution is -0.122. The lowest BCUT2D eigenvalue weighted by Gasteiger charge is -2.26. The highest BCUT2D eigenvalue weighted by Gasteiger charge is 2.27. The monoisotopic (exact) mass is 235 g/mol. The van der Waals surface area contributed by atoms with Crippen molar-refractivity contribution in [2.24, 2.45) is 0 Å². The summed E-state index contributed by atoms with van der Waals surface area (Å²) in [6, 6.07) is 0. The fraction of sp³-hybridized carbons (Fsp3) is 0.900. The van der Waals surface area contributed by atoms with Crippen LogP contribution in [0.3, 0.4) is 0 Å². The summed E-state index contributed by atoms with van der Waals surface area (Å²) in [5, 5.41) is 3.23. The number of rotatable bonds is 4. The summed E-state index contributed by atoms with van der Waals surface area (Å²) in [6.07, 6.45) is 3.00. The Labute approximate surface area is 95.2 Å². The Balaban J connectivity index is 2.38. The molecule has 1 atom stereocenters. The van der Waals surface area contributed by atoms with E-state index in [2.05, 4.69) is 5.32 Å². The van der Waals surface area contributed by atoms with Crippen molar-refractivity contribution in [2.45, 2.75) is 43.9 Å². The average molecular weight is 236 g/mol. The summed E-state index contributed by atoms with van der Waals surface area (Å²) >= 11 is 7.44. The zero-order valence-corrected chi connectivity index (χ0v) is 10.4. The average Bonchev–Trinajstić information content (AvgIpc) is 2.53. The van der Waals surface area contributed by atoms with Crippen molar-refractivity contribution in [1.29, 1.82) is 0 Å². The third-order valence-electron chi connectivity index (χ3n) is 2.40. The third-order valence-corrected chi connectivity index (χ3v) is 3.97. The van der Waals surface area contributed by atoms with Crippen LogP contribution in [0.1, 0.15) is 33.1 Å². The number of halogens is 1. The van der Waals surface area contributed by atoms with Crippen molar-refractivity contribution >= 4 is 29.3 Å². The highest BCUT2D eigenvalue weighted by atomic mass is 35.5. The standard InChI is InChI=1S/C10H18ClNOS/c1-10(2,5-6-11)12-9(13)8-4-3-7-14-8/h8H,3-7H2,1-2H3,(H,12,13). The summed E-state index contributed by atoms with van der Waals surface area (Å²) in [5.74, 6) is 1.89. The van der Waals surface area contributed by atoms with Crippen molar-refractivity contribution in [1.82, 2.24) is 5.32 Å². The molecule has 1 heterocycles. The molecule has 1 amide bonds. The first-order valence-corrected chi connectivity index (χ1v) is 6.63. The Morgan fingerprint density at radius 1 is 1.64 bits per heavy atom. The Morgan fingerprint density at radius 3 is 2.86 bits per heavy atom. The molecule has 1 rings (SSSR count). The van der Waals surface area contributed by atoms with E-state index in [1.807, 2.05) is 13.8 Å². The van der Waals surface area contributed by atoms with Gasteiger partial charge in [0.25, 0.3) is 0 Å². The molecule has 0 aromatic carbocycles.